The lowest BCUT2D eigenvalue weighted by Gasteiger charge is -2.30. The third kappa shape index (κ3) is 4.01. The van der Waals surface area contributed by atoms with E-state index in [1.165, 1.54) is 15.6 Å². The summed E-state index contributed by atoms with van der Waals surface area (Å²) in [7, 11) is -3.55. The first kappa shape index (κ1) is 18.7. The summed E-state index contributed by atoms with van der Waals surface area (Å²) in [6.07, 6.45) is 1.26. The van der Waals surface area contributed by atoms with Crippen LogP contribution in [0.3, 0.4) is 0 Å². The molecular formula is C16H16Cl2N2O3S2. The number of carbonyl (C=O) groups excluding carboxylic acids is 1. The lowest BCUT2D eigenvalue weighted by molar-refractivity contribution is -0.120. The largest absolute Gasteiger partial charge is 0.324 e. The van der Waals surface area contributed by atoms with Gasteiger partial charge in [-0.05, 0) is 36.4 Å². The summed E-state index contributed by atoms with van der Waals surface area (Å²) in [5.41, 5.74) is 0.428. The van der Waals surface area contributed by atoms with E-state index in [4.69, 9.17) is 23.2 Å². The summed E-state index contributed by atoms with van der Waals surface area (Å²) in [4.78, 5) is 12.6. The van der Waals surface area contributed by atoms with Gasteiger partial charge >= 0.3 is 0 Å². The van der Waals surface area contributed by atoms with Gasteiger partial charge < -0.3 is 5.32 Å². The molecule has 1 saturated heterocycles. The lowest BCUT2D eigenvalue weighted by Crippen LogP contribution is -2.43. The van der Waals surface area contributed by atoms with E-state index in [2.05, 4.69) is 5.32 Å². The van der Waals surface area contributed by atoms with Gasteiger partial charge in [-0.2, -0.15) is 4.31 Å². The Morgan fingerprint density at radius 3 is 2.76 bits per heavy atom. The second-order valence-corrected chi connectivity index (χ2v) is 9.62. The standard InChI is InChI=1S/C16H16Cl2N2O3S2/c17-12-5-1-6-13(15(12)18)19-16(21)11-4-2-8-20(10-11)25(22,23)14-7-3-9-24-14/h1,3,5-7,9,11H,2,4,8,10H2,(H,19,21)/t11-/m0/s1. The first-order valence-corrected chi connectivity index (χ1v) is 10.8. The third-order valence-corrected chi connectivity index (χ3v) is 8.11. The highest BCUT2D eigenvalue weighted by Gasteiger charge is 2.34. The molecule has 25 heavy (non-hydrogen) atoms. The highest BCUT2D eigenvalue weighted by Crippen LogP contribution is 2.31. The number of amides is 1. The maximum atomic E-state index is 12.6. The van der Waals surface area contributed by atoms with Gasteiger partial charge in [0.2, 0.25) is 5.91 Å². The second kappa shape index (κ2) is 7.63. The predicted octanol–water partition coefficient (Wildman–Crippen LogP) is 4.09. The second-order valence-electron chi connectivity index (χ2n) is 5.72. The topological polar surface area (TPSA) is 66.5 Å². The highest BCUT2D eigenvalue weighted by molar-refractivity contribution is 7.91. The average Bonchev–Trinajstić information content (AvgIpc) is 3.14. The molecule has 1 atom stereocenters. The van der Waals surface area contributed by atoms with E-state index in [9.17, 15) is 13.2 Å². The minimum absolute atomic E-state index is 0.157. The van der Waals surface area contributed by atoms with Gasteiger partial charge in [0, 0.05) is 13.1 Å². The van der Waals surface area contributed by atoms with E-state index in [-0.39, 0.29) is 17.5 Å². The smallest absolute Gasteiger partial charge is 0.252 e. The number of piperidine rings is 1. The van der Waals surface area contributed by atoms with Gasteiger partial charge in [-0.3, -0.25) is 4.79 Å². The van der Waals surface area contributed by atoms with E-state index in [1.807, 2.05) is 0 Å². The van der Waals surface area contributed by atoms with E-state index >= 15 is 0 Å². The van der Waals surface area contributed by atoms with Crippen molar-refractivity contribution in [1.82, 2.24) is 4.31 Å². The summed E-state index contributed by atoms with van der Waals surface area (Å²) in [5, 5.41) is 5.10. The molecular weight excluding hydrogens is 403 g/mol. The molecule has 0 aliphatic carbocycles. The van der Waals surface area contributed by atoms with Crippen LogP contribution in [0.1, 0.15) is 12.8 Å². The van der Waals surface area contributed by atoms with Gasteiger partial charge in [0.1, 0.15) is 4.21 Å². The fourth-order valence-electron chi connectivity index (χ4n) is 2.75. The van der Waals surface area contributed by atoms with Crippen molar-refractivity contribution in [3.63, 3.8) is 0 Å². The third-order valence-electron chi connectivity index (χ3n) is 4.05. The Balaban J connectivity index is 1.73. The SMILES string of the molecule is O=C(Nc1cccc(Cl)c1Cl)[C@H]1CCCN(S(=O)(=O)c2cccs2)C1. The Morgan fingerprint density at radius 2 is 2.04 bits per heavy atom. The molecule has 9 heteroatoms. The van der Waals surface area contributed by atoms with Crippen LogP contribution in [0.15, 0.2) is 39.9 Å². The Bertz CT molecular complexity index is 870. The molecule has 1 aliphatic rings. The van der Waals surface area contributed by atoms with Crippen molar-refractivity contribution in [2.24, 2.45) is 5.92 Å². The molecule has 0 radical (unpaired) electrons. The molecule has 1 aromatic carbocycles. The van der Waals surface area contributed by atoms with E-state index in [0.717, 1.165) is 0 Å². The van der Waals surface area contributed by atoms with Crippen LogP contribution in [-0.2, 0) is 14.8 Å². The Labute approximate surface area is 160 Å². The number of anilines is 1. The fraction of sp³-hybridized carbons (Fsp3) is 0.312. The predicted molar refractivity (Wildman–Crippen MR) is 101 cm³/mol. The van der Waals surface area contributed by atoms with Crippen LogP contribution < -0.4 is 5.32 Å². The maximum absolute atomic E-state index is 12.6. The Morgan fingerprint density at radius 1 is 1.24 bits per heavy atom. The van der Waals surface area contributed by atoms with Gasteiger partial charge in [-0.1, -0.05) is 35.3 Å². The molecule has 0 bridgehead atoms. The zero-order valence-electron chi connectivity index (χ0n) is 13.1. The summed E-state index contributed by atoms with van der Waals surface area (Å²) < 4.78 is 27.0. The molecule has 2 aromatic rings. The molecule has 5 nitrogen and oxygen atoms in total. The van der Waals surface area contributed by atoms with Crippen molar-refractivity contribution in [2.45, 2.75) is 17.1 Å². The van der Waals surface area contributed by atoms with Crippen molar-refractivity contribution < 1.29 is 13.2 Å². The van der Waals surface area contributed by atoms with E-state index < -0.39 is 15.9 Å². The zero-order valence-corrected chi connectivity index (χ0v) is 16.3. The van der Waals surface area contributed by atoms with Crippen molar-refractivity contribution in [3.05, 3.63) is 45.8 Å². The van der Waals surface area contributed by atoms with Crippen LogP contribution in [0.25, 0.3) is 0 Å². The molecule has 1 N–H and O–H groups in total. The first-order chi connectivity index (χ1) is 11.9. The molecule has 3 rings (SSSR count). The monoisotopic (exact) mass is 418 g/mol. The van der Waals surface area contributed by atoms with Crippen molar-refractivity contribution in [3.8, 4) is 0 Å². The number of hydrogen-bond donors (Lipinski definition) is 1. The van der Waals surface area contributed by atoms with Crippen molar-refractivity contribution >= 4 is 56.2 Å². The quantitative estimate of drug-likeness (QED) is 0.812. The number of nitrogens with one attached hydrogen (secondary N) is 1. The number of benzene rings is 1. The Kier molecular flexibility index (Phi) is 5.70. The fourth-order valence-corrected chi connectivity index (χ4v) is 5.76. The van der Waals surface area contributed by atoms with Gasteiger partial charge in [0.25, 0.3) is 10.0 Å². The van der Waals surface area contributed by atoms with Crippen LogP contribution in [0.4, 0.5) is 5.69 Å². The van der Waals surface area contributed by atoms with Crippen molar-refractivity contribution in [2.75, 3.05) is 18.4 Å². The number of halogens is 2. The molecule has 1 aromatic heterocycles. The summed E-state index contributed by atoms with van der Waals surface area (Å²) >= 11 is 13.2. The van der Waals surface area contributed by atoms with Gasteiger partial charge in [0.15, 0.2) is 0 Å². The van der Waals surface area contributed by atoms with Crippen molar-refractivity contribution in [1.29, 1.82) is 0 Å². The van der Waals surface area contributed by atoms with Crippen LogP contribution in [0, 0.1) is 5.92 Å². The zero-order chi connectivity index (χ0) is 18.0. The van der Waals surface area contributed by atoms with Crippen LogP contribution >= 0.6 is 34.5 Å². The molecule has 0 saturated carbocycles. The van der Waals surface area contributed by atoms with E-state index in [0.29, 0.717) is 34.3 Å². The number of rotatable bonds is 4. The maximum Gasteiger partial charge on any atom is 0.252 e. The number of nitrogens with zero attached hydrogens (tertiary/aromatic N) is 1. The number of hydrogen-bond acceptors (Lipinski definition) is 4. The lowest BCUT2D eigenvalue weighted by atomic mass is 9.99. The van der Waals surface area contributed by atoms with Crippen LogP contribution in [0.5, 0.6) is 0 Å². The summed E-state index contributed by atoms with van der Waals surface area (Å²) in [6, 6.07) is 8.27. The first-order valence-electron chi connectivity index (χ1n) is 7.68. The Hall–Kier alpha value is -1.12. The molecule has 1 amide bonds. The van der Waals surface area contributed by atoms with Crippen LogP contribution in [0.2, 0.25) is 10.0 Å². The summed E-state index contributed by atoms with van der Waals surface area (Å²) in [6.45, 7) is 0.576. The normalized spacial score (nSPS) is 18.9. The molecule has 2 heterocycles. The summed E-state index contributed by atoms with van der Waals surface area (Å²) in [5.74, 6) is -0.686. The van der Waals surface area contributed by atoms with Gasteiger partial charge in [0.05, 0.1) is 21.7 Å². The molecule has 1 aliphatic heterocycles. The van der Waals surface area contributed by atoms with E-state index in [1.54, 1.807) is 35.7 Å². The number of thiophene rings is 1. The number of sulfonamides is 1. The molecule has 0 spiro atoms. The molecule has 134 valence electrons. The van der Waals surface area contributed by atoms with Gasteiger partial charge in [-0.15, -0.1) is 11.3 Å². The minimum atomic E-state index is -3.55. The number of carbonyl (C=O) groups is 1. The van der Waals surface area contributed by atoms with Gasteiger partial charge in [-0.25, -0.2) is 8.42 Å². The molecule has 0 unspecified atom stereocenters. The average molecular weight is 419 g/mol. The highest BCUT2D eigenvalue weighted by atomic mass is 35.5. The molecule has 1 fully saturated rings. The van der Waals surface area contributed by atoms with Crippen LogP contribution in [-0.4, -0.2) is 31.7 Å². The minimum Gasteiger partial charge on any atom is -0.324 e.